The van der Waals surface area contributed by atoms with Crippen molar-refractivity contribution in [3.63, 3.8) is 0 Å². The molecule has 20 rings (SSSR count). The number of hydrogen-bond acceptors (Lipinski definition) is 0. The maximum Gasteiger partial charge on any atom is 0.0991 e. The minimum Gasteiger partial charge on any atom is -0.309 e. The number of rotatable bonds is 7. The maximum absolute atomic E-state index is 2.66. The van der Waals surface area contributed by atoms with Crippen molar-refractivity contribution >= 4 is 131 Å². The largest absolute Gasteiger partial charge is 0.309 e. The Morgan fingerprint density at radius 3 is 0.692 bits per heavy atom. The smallest absolute Gasteiger partial charge is 0.0991 e. The van der Waals surface area contributed by atoms with E-state index in [-0.39, 0.29) is 0 Å². The normalized spacial score (nSPS) is 12.2. The monoisotopic (exact) mass is 1160 g/mol. The Labute approximate surface area is 522 Å². The SMILES string of the molecule is Cc1cccc(-c2c(-n3c4ccccc4c4ccccc43)c(-n3c4ccccc4c4ccccc43)c(-n3c4ccccc4c4cc(-n5c6ccccc6c6ccccc65)ccc43)c(-n3c4ccccc4c4ccccc43)c2-n2c3ccccc3c3ccccc32)c1. The number of fused-ring (bicyclic) bond motifs is 18. The third-order valence-electron chi connectivity index (χ3n) is 19.6. The highest BCUT2D eigenvalue weighted by atomic mass is 15.2. The maximum atomic E-state index is 2.66. The second-order valence-electron chi connectivity index (χ2n) is 24.4. The number of aryl methyl sites for hydroxylation is 1. The number of benzene rings is 14. The van der Waals surface area contributed by atoms with Crippen molar-refractivity contribution in [2.24, 2.45) is 0 Å². The third-order valence-corrected chi connectivity index (χ3v) is 19.6. The van der Waals surface area contributed by atoms with E-state index < -0.39 is 0 Å². The van der Waals surface area contributed by atoms with Gasteiger partial charge in [-0.3, -0.25) is 0 Å². The van der Waals surface area contributed by atoms with E-state index in [9.17, 15) is 0 Å². The summed E-state index contributed by atoms with van der Waals surface area (Å²) in [5.41, 5.74) is 23.1. The van der Waals surface area contributed by atoms with Crippen molar-refractivity contribution < 1.29 is 0 Å². The van der Waals surface area contributed by atoms with Gasteiger partial charge in [0.1, 0.15) is 0 Å². The second kappa shape index (κ2) is 18.9. The van der Waals surface area contributed by atoms with E-state index >= 15 is 0 Å². The molecule has 91 heavy (non-hydrogen) atoms. The average Bonchev–Trinajstić information content (AvgIpc) is 1.60. The van der Waals surface area contributed by atoms with Crippen LogP contribution in [-0.4, -0.2) is 27.4 Å². The van der Waals surface area contributed by atoms with Crippen molar-refractivity contribution in [3.05, 3.63) is 315 Å². The summed E-state index contributed by atoms with van der Waals surface area (Å²) in [6, 6.07) is 116. The van der Waals surface area contributed by atoms with Gasteiger partial charge in [0, 0.05) is 75.9 Å². The zero-order valence-electron chi connectivity index (χ0n) is 49.6. The summed E-state index contributed by atoms with van der Waals surface area (Å²) >= 11 is 0. The van der Waals surface area contributed by atoms with E-state index in [1.54, 1.807) is 0 Å². The highest BCUT2D eigenvalue weighted by Gasteiger charge is 2.37. The highest BCUT2D eigenvalue weighted by molar-refractivity contribution is 6.20. The summed E-state index contributed by atoms with van der Waals surface area (Å²) in [5.74, 6) is 0. The molecule has 6 nitrogen and oxygen atoms in total. The molecule has 0 aliphatic rings. The van der Waals surface area contributed by atoms with Crippen LogP contribution in [0.1, 0.15) is 5.56 Å². The van der Waals surface area contributed by atoms with Crippen LogP contribution < -0.4 is 0 Å². The van der Waals surface area contributed by atoms with Crippen LogP contribution in [0.15, 0.2) is 309 Å². The first kappa shape index (κ1) is 49.9. The van der Waals surface area contributed by atoms with Gasteiger partial charge < -0.3 is 27.4 Å². The van der Waals surface area contributed by atoms with Crippen LogP contribution in [0.4, 0.5) is 0 Å². The molecule has 0 spiro atoms. The fourth-order valence-corrected chi connectivity index (χ4v) is 16.0. The molecule has 0 radical (unpaired) electrons. The van der Waals surface area contributed by atoms with Crippen LogP contribution in [0.25, 0.3) is 176 Å². The predicted octanol–water partition coefficient (Wildman–Crippen LogP) is 22.2. The lowest BCUT2D eigenvalue weighted by Gasteiger charge is -2.32. The molecular formula is C85H54N6. The van der Waals surface area contributed by atoms with Crippen LogP contribution in [0.5, 0.6) is 0 Å². The Balaban J connectivity index is 1.13. The molecule has 0 saturated carbocycles. The number of para-hydroxylation sites is 11. The lowest BCUT2D eigenvalue weighted by Crippen LogP contribution is -2.18. The fourth-order valence-electron chi connectivity index (χ4n) is 16.0. The Kier molecular flexibility index (Phi) is 10.4. The molecule has 0 aliphatic heterocycles. The van der Waals surface area contributed by atoms with Crippen LogP contribution in [0, 0.1) is 6.92 Å². The van der Waals surface area contributed by atoms with Gasteiger partial charge in [0.15, 0.2) is 0 Å². The predicted molar refractivity (Wildman–Crippen MR) is 383 cm³/mol. The summed E-state index contributed by atoms with van der Waals surface area (Å²) < 4.78 is 15.7. The Hall–Kier alpha value is -12.1. The quantitative estimate of drug-likeness (QED) is 0.152. The second-order valence-corrected chi connectivity index (χ2v) is 24.4. The van der Waals surface area contributed by atoms with E-state index in [0.717, 1.165) is 111 Å². The molecule has 0 aliphatic carbocycles. The molecule has 0 atom stereocenters. The van der Waals surface area contributed by atoms with Gasteiger partial charge >= 0.3 is 0 Å². The molecule has 6 heteroatoms. The molecule has 0 bridgehead atoms. The van der Waals surface area contributed by atoms with E-state index in [1.165, 1.54) is 70.5 Å². The minimum absolute atomic E-state index is 1.03. The van der Waals surface area contributed by atoms with Crippen LogP contribution in [-0.2, 0) is 0 Å². The topological polar surface area (TPSA) is 29.6 Å². The van der Waals surface area contributed by atoms with Crippen molar-refractivity contribution in [3.8, 4) is 45.3 Å². The Bertz CT molecular complexity index is 5970. The number of nitrogens with zero attached hydrogens (tertiary/aromatic N) is 6. The summed E-state index contributed by atoms with van der Waals surface area (Å²) in [4.78, 5) is 0. The lowest BCUT2D eigenvalue weighted by molar-refractivity contribution is 1.00. The zero-order valence-corrected chi connectivity index (χ0v) is 49.6. The van der Waals surface area contributed by atoms with E-state index in [1.807, 2.05) is 0 Å². The van der Waals surface area contributed by atoms with Crippen molar-refractivity contribution in [2.45, 2.75) is 6.92 Å². The third kappa shape index (κ3) is 6.85. The van der Waals surface area contributed by atoms with E-state index in [2.05, 4.69) is 344 Å². The molecule has 6 aromatic heterocycles. The van der Waals surface area contributed by atoms with Crippen molar-refractivity contribution in [1.29, 1.82) is 0 Å². The van der Waals surface area contributed by atoms with Gasteiger partial charge in [-0.1, -0.05) is 230 Å². The average molecular weight is 1160 g/mol. The number of hydrogen-bond donors (Lipinski definition) is 0. The molecule has 0 unspecified atom stereocenters. The van der Waals surface area contributed by atoms with Gasteiger partial charge in [0.25, 0.3) is 0 Å². The Morgan fingerprint density at radius 2 is 0.407 bits per heavy atom. The van der Waals surface area contributed by atoms with Gasteiger partial charge in [-0.05, 0) is 97.4 Å². The van der Waals surface area contributed by atoms with E-state index in [0.29, 0.717) is 0 Å². The van der Waals surface area contributed by atoms with Gasteiger partial charge in [-0.25, -0.2) is 0 Å². The van der Waals surface area contributed by atoms with Gasteiger partial charge in [0.05, 0.1) is 94.6 Å². The molecule has 14 aromatic carbocycles. The van der Waals surface area contributed by atoms with Crippen LogP contribution >= 0.6 is 0 Å². The summed E-state index contributed by atoms with van der Waals surface area (Å²) in [5, 5.41) is 14.2. The minimum atomic E-state index is 1.03. The van der Waals surface area contributed by atoms with Gasteiger partial charge in [-0.15, -0.1) is 0 Å². The first-order chi connectivity index (χ1) is 45.2. The summed E-state index contributed by atoms with van der Waals surface area (Å²) in [6.07, 6.45) is 0. The first-order valence-corrected chi connectivity index (χ1v) is 31.4. The molecule has 424 valence electrons. The molecule has 20 aromatic rings. The molecule has 0 amide bonds. The molecule has 0 N–H and O–H groups in total. The lowest BCUT2D eigenvalue weighted by atomic mass is 9.94. The van der Waals surface area contributed by atoms with Gasteiger partial charge in [-0.2, -0.15) is 0 Å². The zero-order chi connectivity index (χ0) is 59.6. The molecule has 0 saturated heterocycles. The Morgan fingerprint density at radius 1 is 0.176 bits per heavy atom. The van der Waals surface area contributed by atoms with Crippen LogP contribution in [0.3, 0.4) is 0 Å². The molecule has 6 heterocycles. The summed E-state index contributed by atoms with van der Waals surface area (Å²) in [7, 11) is 0. The van der Waals surface area contributed by atoms with E-state index in [4.69, 9.17) is 0 Å². The van der Waals surface area contributed by atoms with Crippen molar-refractivity contribution in [2.75, 3.05) is 0 Å². The van der Waals surface area contributed by atoms with Gasteiger partial charge in [0.2, 0.25) is 0 Å². The number of aromatic nitrogens is 6. The molecule has 0 fully saturated rings. The van der Waals surface area contributed by atoms with Crippen LogP contribution in [0.2, 0.25) is 0 Å². The standard InChI is InChI=1S/C85H54N6/c1-53-25-24-26-54(51-53)80-81(87-70-40-15-4-29-58(70)59-30-5-16-41-71(59)87)83(89-74-44-19-8-33-62(74)63-34-9-20-45-75(63)89)85(91-78-48-23-12-37-66(78)67-52-55(49-50-79(67)91)86-68-38-13-2-27-56(68)57-28-3-14-39-69(57)86)84(90-76-46-21-10-35-64(76)65-36-11-22-47-77(65)90)82(80)88-72-42-17-6-31-60(72)61-32-7-18-43-73(61)88/h2-52H,1H3. The molecular weight excluding hydrogens is 1100 g/mol. The summed E-state index contributed by atoms with van der Waals surface area (Å²) in [6.45, 7) is 2.24. The highest BCUT2D eigenvalue weighted by Crippen LogP contribution is 2.55. The first-order valence-electron chi connectivity index (χ1n) is 31.4. The van der Waals surface area contributed by atoms with Crippen molar-refractivity contribution in [1.82, 2.24) is 27.4 Å². The fraction of sp³-hybridized carbons (Fsp3) is 0.0118.